The van der Waals surface area contributed by atoms with E-state index >= 15 is 0 Å². The number of benzene rings is 1. The van der Waals surface area contributed by atoms with Crippen LogP contribution in [0.1, 0.15) is 27.7 Å². The lowest BCUT2D eigenvalue weighted by molar-refractivity contribution is -0.123. The predicted octanol–water partition coefficient (Wildman–Crippen LogP) is 4.21. The van der Waals surface area contributed by atoms with Crippen molar-refractivity contribution >= 4 is 23.1 Å². The number of para-hydroxylation sites is 2. The van der Waals surface area contributed by atoms with E-state index in [0.717, 1.165) is 17.1 Å². The van der Waals surface area contributed by atoms with Gasteiger partial charge in [0.1, 0.15) is 11.6 Å². The Balaban J connectivity index is 2.07. The van der Waals surface area contributed by atoms with Gasteiger partial charge in [-0.2, -0.15) is 0 Å². The lowest BCUT2D eigenvalue weighted by atomic mass is 9.96. The second kappa shape index (κ2) is 7.13. The summed E-state index contributed by atoms with van der Waals surface area (Å²) >= 11 is 0. The summed E-state index contributed by atoms with van der Waals surface area (Å²) < 4.78 is 5.58. The number of hydrogen-bond donors (Lipinski definition) is 2. The van der Waals surface area contributed by atoms with Crippen molar-refractivity contribution in [3.05, 3.63) is 42.6 Å². The van der Waals surface area contributed by atoms with Crippen molar-refractivity contribution in [1.82, 2.24) is 4.98 Å². The van der Waals surface area contributed by atoms with E-state index in [2.05, 4.69) is 15.6 Å². The molecule has 122 valence electrons. The number of carbonyl (C=O) groups excluding carboxylic acids is 1. The van der Waals surface area contributed by atoms with Gasteiger partial charge >= 0.3 is 0 Å². The van der Waals surface area contributed by atoms with Crippen LogP contribution < -0.4 is 15.4 Å². The maximum atomic E-state index is 11.9. The molecular formula is C18H23N3O2. The van der Waals surface area contributed by atoms with Gasteiger partial charge < -0.3 is 15.4 Å². The molecule has 0 saturated heterocycles. The molecule has 1 aromatic carbocycles. The zero-order valence-electron chi connectivity index (χ0n) is 14.0. The van der Waals surface area contributed by atoms with Crippen molar-refractivity contribution in [2.45, 2.75) is 27.7 Å². The van der Waals surface area contributed by atoms with Crippen LogP contribution >= 0.6 is 0 Å². The minimum absolute atomic E-state index is 0.0626. The lowest BCUT2D eigenvalue weighted by Gasteiger charge is -2.17. The average Bonchev–Trinajstić information content (AvgIpc) is 2.50. The smallest absolute Gasteiger partial charge is 0.230 e. The predicted molar refractivity (Wildman–Crippen MR) is 93.2 cm³/mol. The summed E-state index contributed by atoms with van der Waals surface area (Å²) in [5, 5.41) is 6.07. The van der Waals surface area contributed by atoms with Gasteiger partial charge in [-0.3, -0.25) is 4.79 Å². The Hall–Kier alpha value is -2.56. The summed E-state index contributed by atoms with van der Waals surface area (Å²) in [5.74, 6) is 1.26. The zero-order valence-corrected chi connectivity index (χ0v) is 14.0. The van der Waals surface area contributed by atoms with Crippen LogP contribution in [0.25, 0.3) is 0 Å². The number of aromatic nitrogens is 1. The molecule has 2 N–H and O–H groups in total. The third-order valence-corrected chi connectivity index (χ3v) is 3.15. The molecule has 0 spiro atoms. The van der Waals surface area contributed by atoms with Crippen molar-refractivity contribution in [3.8, 4) is 5.75 Å². The van der Waals surface area contributed by atoms with E-state index in [9.17, 15) is 4.79 Å². The van der Waals surface area contributed by atoms with Crippen LogP contribution in [0.2, 0.25) is 0 Å². The van der Waals surface area contributed by atoms with Gasteiger partial charge in [0, 0.05) is 5.41 Å². The van der Waals surface area contributed by atoms with Gasteiger partial charge in [0.2, 0.25) is 5.91 Å². The second-order valence-electron chi connectivity index (χ2n) is 6.19. The highest BCUT2D eigenvalue weighted by atomic mass is 16.5. The Morgan fingerprint density at radius 3 is 2.52 bits per heavy atom. The minimum atomic E-state index is -0.449. The number of pyridine rings is 1. The molecule has 5 heteroatoms. The highest BCUT2D eigenvalue weighted by molar-refractivity contribution is 5.93. The summed E-state index contributed by atoms with van der Waals surface area (Å²) in [6, 6.07) is 11.4. The normalized spacial score (nSPS) is 11.0. The monoisotopic (exact) mass is 313 g/mol. The van der Waals surface area contributed by atoms with Crippen LogP contribution in [0, 0.1) is 5.41 Å². The first kappa shape index (κ1) is 16.8. The van der Waals surface area contributed by atoms with Crippen molar-refractivity contribution in [1.29, 1.82) is 0 Å². The molecule has 0 aliphatic carbocycles. The molecule has 2 rings (SSSR count). The highest BCUT2D eigenvalue weighted by Gasteiger charge is 2.21. The molecule has 0 saturated carbocycles. The summed E-state index contributed by atoms with van der Waals surface area (Å²) in [7, 11) is 0. The molecule has 0 aliphatic heterocycles. The number of ether oxygens (including phenoxy) is 1. The topological polar surface area (TPSA) is 63.2 Å². The van der Waals surface area contributed by atoms with Crippen molar-refractivity contribution in [2.75, 3.05) is 17.2 Å². The van der Waals surface area contributed by atoms with Crippen LogP contribution in [0.5, 0.6) is 5.75 Å². The summed E-state index contributed by atoms with van der Waals surface area (Å²) in [6.45, 7) is 8.15. The fraction of sp³-hybridized carbons (Fsp3) is 0.333. The Labute approximate surface area is 137 Å². The molecule has 0 bridgehead atoms. The molecule has 0 atom stereocenters. The van der Waals surface area contributed by atoms with Gasteiger partial charge in [-0.15, -0.1) is 0 Å². The van der Waals surface area contributed by atoms with E-state index in [1.807, 2.05) is 58.0 Å². The van der Waals surface area contributed by atoms with Crippen LogP contribution in [-0.2, 0) is 4.79 Å². The van der Waals surface area contributed by atoms with Gasteiger partial charge in [0.15, 0.2) is 0 Å². The first-order chi connectivity index (χ1) is 10.9. The first-order valence-electron chi connectivity index (χ1n) is 7.66. The van der Waals surface area contributed by atoms with E-state index < -0.39 is 5.41 Å². The second-order valence-corrected chi connectivity index (χ2v) is 6.19. The zero-order chi connectivity index (χ0) is 16.9. The van der Waals surface area contributed by atoms with E-state index in [1.165, 1.54) is 0 Å². The van der Waals surface area contributed by atoms with Gasteiger partial charge in [-0.1, -0.05) is 32.9 Å². The molecular weight excluding hydrogens is 290 g/mol. The van der Waals surface area contributed by atoms with Gasteiger partial charge in [0.25, 0.3) is 0 Å². The molecule has 1 amide bonds. The van der Waals surface area contributed by atoms with Crippen LogP contribution in [-0.4, -0.2) is 17.5 Å². The number of carbonyl (C=O) groups is 1. The van der Waals surface area contributed by atoms with Crippen molar-refractivity contribution in [3.63, 3.8) is 0 Å². The third kappa shape index (κ3) is 4.71. The maximum Gasteiger partial charge on any atom is 0.230 e. The van der Waals surface area contributed by atoms with E-state index in [-0.39, 0.29) is 5.91 Å². The largest absolute Gasteiger partial charge is 0.492 e. The van der Waals surface area contributed by atoms with Crippen LogP contribution in [0.3, 0.4) is 0 Å². The number of hydrogen-bond acceptors (Lipinski definition) is 4. The number of amides is 1. The van der Waals surface area contributed by atoms with Gasteiger partial charge in [-0.25, -0.2) is 4.98 Å². The van der Waals surface area contributed by atoms with Gasteiger partial charge in [0.05, 0.1) is 24.2 Å². The maximum absolute atomic E-state index is 11.9. The van der Waals surface area contributed by atoms with Gasteiger partial charge in [-0.05, 0) is 31.2 Å². The number of rotatable bonds is 5. The van der Waals surface area contributed by atoms with Crippen molar-refractivity contribution < 1.29 is 9.53 Å². The Kier molecular flexibility index (Phi) is 5.21. The summed E-state index contributed by atoms with van der Waals surface area (Å²) in [4.78, 5) is 16.2. The fourth-order valence-corrected chi connectivity index (χ4v) is 1.85. The standard InChI is InChI=1S/C18H23N3O2/c1-5-23-15-9-7-6-8-14(15)20-13-10-11-16(19-12-13)21-17(22)18(2,3)4/h6-12,20H,5H2,1-4H3,(H,19,21,22). The third-order valence-electron chi connectivity index (χ3n) is 3.15. The van der Waals surface area contributed by atoms with E-state index in [4.69, 9.17) is 4.74 Å². The Morgan fingerprint density at radius 1 is 1.17 bits per heavy atom. The number of nitrogens with zero attached hydrogens (tertiary/aromatic N) is 1. The minimum Gasteiger partial charge on any atom is -0.492 e. The van der Waals surface area contributed by atoms with Crippen LogP contribution in [0.4, 0.5) is 17.2 Å². The fourth-order valence-electron chi connectivity index (χ4n) is 1.85. The molecule has 0 radical (unpaired) electrons. The molecule has 0 fully saturated rings. The number of nitrogens with one attached hydrogen (secondary N) is 2. The number of anilines is 3. The Bertz CT molecular complexity index is 661. The molecule has 0 unspecified atom stereocenters. The molecule has 23 heavy (non-hydrogen) atoms. The Morgan fingerprint density at radius 2 is 1.91 bits per heavy atom. The highest BCUT2D eigenvalue weighted by Crippen LogP contribution is 2.27. The summed E-state index contributed by atoms with van der Waals surface area (Å²) in [6.07, 6.45) is 1.68. The van der Waals surface area contributed by atoms with E-state index in [0.29, 0.717) is 12.4 Å². The average molecular weight is 313 g/mol. The van der Waals surface area contributed by atoms with Crippen molar-refractivity contribution in [2.24, 2.45) is 5.41 Å². The first-order valence-corrected chi connectivity index (χ1v) is 7.66. The molecule has 5 nitrogen and oxygen atoms in total. The quantitative estimate of drug-likeness (QED) is 0.868. The molecule has 0 aliphatic rings. The molecule has 1 heterocycles. The van der Waals surface area contributed by atoms with Crippen LogP contribution in [0.15, 0.2) is 42.6 Å². The lowest BCUT2D eigenvalue weighted by Crippen LogP contribution is -2.27. The molecule has 1 aromatic heterocycles. The molecule has 2 aromatic rings. The SMILES string of the molecule is CCOc1ccccc1Nc1ccc(NC(=O)C(C)(C)C)nc1. The summed E-state index contributed by atoms with van der Waals surface area (Å²) in [5.41, 5.74) is 1.25. The van der Waals surface area contributed by atoms with E-state index in [1.54, 1.807) is 12.3 Å².